The lowest BCUT2D eigenvalue weighted by Gasteiger charge is -2.42. The van der Waals surface area contributed by atoms with Crippen molar-refractivity contribution in [1.82, 2.24) is 14.9 Å². The molecular formula is C18H22BN4O7-. The number of carboxylic acids is 1. The van der Waals surface area contributed by atoms with Gasteiger partial charge in [0.1, 0.15) is 23.0 Å². The number of rotatable bonds is 5. The molecule has 12 heteroatoms. The van der Waals surface area contributed by atoms with Crippen LogP contribution < -0.4 is 15.1 Å². The quantitative estimate of drug-likeness (QED) is 0.400. The minimum atomic E-state index is -3.12. The first-order chi connectivity index (χ1) is 14.1. The van der Waals surface area contributed by atoms with E-state index in [9.17, 15) is 24.7 Å². The third kappa shape index (κ3) is 3.49. The number of aromatic carboxylic acids is 1. The molecule has 11 nitrogen and oxygen atoms in total. The largest absolute Gasteiger partial charge is 0.669 e. The van der Waals surface area contributed by atoms with Crippen LogP contribution in [-0.4, -0.2) is 67.8 Å². The molecule has 2 aliphatic rings. The predicted octanol–water partition coefficient (Wildman–Crippen LogP) is -0.570. The van der Waals surface area contributed by atoms with Gasteiger partial charge in [-0.15, -0.1) is 0 Å². The maximum atomic E-state index is 12.7. The fourth-order valence-electron chi connectivity index (χ4n) is 3.67. The first-order valence-corrected chi connectivity index (χ1v) is 9.51. The SMILES string of the molecule is CC(N)(C(=O)N1CC(Oc2ccc3c(c2C(=O)O)O[B-](O)(O)CC3)C1)c1c[nH]cn1. The number of aryl methyl sites for hydroxylation is 1. The molecule has 0 spiro atoms. The molecule has 160 valence electrons. The molecule has 2 aliphatic heterocycles. The summed E-state index contributed by atoms with van der Waals surface area (Å²) in [6.07, 6.45) is 2.82. The number of aromatic amines is 1. The Morgan fingerprint density at radius 1 is 1.40 bits per heavy atom. The summed E-state index contributed by atoms with van der Waals surface area (Å²) in [5, 5.41) is 29.3. The number of fused-ring (bicyclic) bond motifs is 1. The van der Waals surface area contributed by atoms with Gasteiger partial charge in [-0.1, -0.05) is 12.4 Å². The number of nitrogens with one attached hydrogen (secondary N) is 1. The van der Waals surface area contributed by atoms with Crippen molar-refractivity contribution >= 4 is 18.6 Å². The Balaban J connectivity index is 1.48. The lowest BCUT2D eigenvalue weighted by molar-refractivity contribution is -0.145. The number of hydrogen-bond donors (Lipinski definition) is 5. The van der Waals surface area contributed by atoms with Crippen LogP contribution in [0.3, 0.4) is 0 Å². The van der Waals surface area contributed by atoms with Crippen LogP contribution in [0.4, 0.5) is 0 Å². The highest BCUT2D eigenvalue weighted by molar-refractivity contribution is 6.59. The van der Waals surface area contributed by atoms with Gasteiger partial charge in [-0.25, -0.2) is 9.78 Å². The normalized spacial score (nSPS) is 19.8. The van der Waals surface area contributed by atoms with Gasteiger partial charge in [0.2, 0.25) is 5.91 Å². The number of benzene rings is 1. The van der Waals surface area contributed by atoms with Gasteiger partial charge in [0, 0.05) is 6.20 Å². The summed E-state index contributed by atoms with van der Waals surface area (Å²) in [5.74, 6) is -1.70. The molecule has 4 rings (SSSR count). The van der Waals surface area contributed by atoms with E-state index in [4.69, 9.17) is 15.1 Å². The van der Waals surface area contributed by atoms with Crippen LogP contribution in [0.15, 0.2) is 24.7 Å². The zero-order valence-corrected chi connectivity index (χ0v) is 16.2. The average molecular weight is 417 g/mol. The van der Waals surface area contributed by atoms with E-state index in [0.29, 0.717) is 11.3 Å². The van der Waals surface area contributed by atoms with Crippen LogP contribution in [0, 0.1) is 0 Å². The summed E-state index contributed by atoms with van der Waals surface area (Å²) >= 11 is 0. The van der Waals surface area contributed by atoms with Gasteiger partial charge >= 0.3 is 12.7 Å². The highest BCUT2D eigenvalue weighted by Crippen LogP contribution is 2.39. The van der Waals surface area contributed by atoms with E-state index >= 15 is 0 Å². The van der Waals surface area contributed by atoms with E-state index in [-0.39, 0.29) is 48.8 Å². The van der Waals surface area contributed by atoms with Crippen molar-refractivity contribution in [1.29, 1.82) is 0 Å². The lowest BCUT2D eigenvalue weighted by Crippen LogP contribution is -2.62. The molecule has 0 bridgehead atoms. The Kier molecular flexibility index (Phi) is 4.72. The highest BCUT2D eigenvalue weighted by atomic mass is 16.6. The lowest BCUT2D eigenvalue weighted by atomic mass is 9.70. The number of carboxylic acid groups (broad SMARTS) is 1. The number of carbonyl (C=O) groups excluding carboxylic acids is 1. The number of imidazole rings is 1. The number of H-pyrrole nitrogens is 1. The minimum Gasteiger partial charge on any atom is -0.669 e. The van der Waals surface area contributed by atoms with E-state index < -0.39 is 24.4 Å². The standard InChI is InChI=1S/C18H22BN4O7/c1-18(20,13-6-21-9-22-13)17(26)23-7-11(8-23)29-12-3-2-10-4-5-19(27,28)30-15(10)14(12)16(24)25/h2-3,6,9,11,27-28H,4-5,7-8,20H2,1H3,(H,21,22)(H,24,25)/q-1. The zero-order valence-electron chi connectivity index (χ0n) is 16.2. The summed E-state index contributed by atoms with van der Waals surface area (Å²) in [5.41, 5.74) is 5.54. The van der Waals surface area contributed by atoms with Crippen LogP contribution in [0.1, 0.15) is 28.5 Å². The molecule has 1 atom stereocenters. The van der Waals surface area contributed by atoms with Gasteiger partial charge in [-0.2, -0.15) is 0 Å². The Morgan fingerprint density at radius 3 is 2.77 bits per heavy atom. The molecule has 1 saturated heterocycles. The number of aromatic nitrogens is 2. The number of likely N-dealkylation sites (tertiary alicyclic amines) is 1. The fraction of sp³-hybridized carbons (Fsp3) is 0.389. The topological polar surface area (TPSA) is 171 Å². The second-order valence-electron chi connectivity index (χ2n) is 7.85. The van der Waals surface area contributed by atoms with Crippen molar-refractivity contribution in [3.05, 3.63) is 41.5 Å². The zero-order chi connectivity index (χ0) is 21.7. The maximum Gasteiger partial charge on any atom is 0.430 e. The van der Waals surface area contributed by atoms with Crippen LogP contribution in [-0.2, 0) is 16.8 Å². The number of amides is 1. The monoisotopic (exact) mass is 417 g/mol. The molecule has 0 radical (unpaired) electrons. The minimum absolute atomic E-state index is 0.0141. The summed E-state index contributed by atoms with van der Waals surface area (Å²) in [4.78, 5) is 32.8. The number of nitrogens with zero attached hydrogens (tertiary/aromatic N) is 2. The van der Waals surface area contributed by atoms with E-state index in [2.05, 4.69) is 9.97 Å². The van der Waals surface area contributed by atoms with E-state index in [1.807, 2.05) is 0 Å². The average Bonchev–Trinajstić information content (AvgIpc) is 3.17. The van der Waals surface area contributed by atoms with Crippen molar-refractivity contribution in [3.8, 4) is 11.5 Å². The van der Waals surface area contributed by atoms with Gasteiger partial charge in [-0.3, -0.25) is 4.79 Å². The summed E-state index contributed by atoms with van der Waals surface area (Å²) in [7, 11) is 0. The number of ether oxygens (including phenoxy) is 1. The third-order valence-electron chi connectivity index (χ3n) is 5.41. The molecule has 1 aromatic heterocycles. The molecule has 0 saturated carbocycles. The van der Waals surface area contributed by atoms with Crippen LogP contribution in [0.5, 0.6) is 11.5 Å². The Bertz CT molecular complexity index is 987. The summed E-state index contributed by atoms with van der Waals surface area (Å²) in [6.45, 7) is -1.10. The smallest absolute Gasteiger partial charge is 0.430 e. The molecule has 0 aliphatic carbocycles. The predicted molar refractivity (Wildman–Crippen MR) is 104 cm³/mol. The third-order valence-corrected chi connectivity index (χ3v) is 5.41. The second kappa shape index (κ2) is 7.01. The number of nitrogens with two attached hydrogens (primary N) is 1. The Morgan fingerprint density at radius 2 is 2.13 bits per heavy atom. The van der Waals surface area contributed by atoms with E-state index in [0.717, 1.165) is 0 Å². The van der Waals surface area contributed by atoms with Crippen molar-refractivity contribution in [2.24, 2.45) is 5.73 Å². The van der Waals surface area contributed by atoms with Gasteiger partial charge in [0.05, 0.1) is 30.9 Å². The highest BCUT2D eigenvalue weighted by Gasteiger charge is 2.43. The van der Waals surface area contributed by atoms with Crippen molar-refractivity contribution in [2.45, 2.75) is 31.3 Å². The number of carbonyl (C=O) groups is 2. The van der Waals surface area contributed by atoms with Crippen LogP contribution in [0.2, 0.25) is 6.32 Å². The summed E-state index contributed by atoms with van der Waals surface area (Å²) in [6, 6.07) is 3.15. The van der Waals surface area contributed by atoms with Gasteiger partial charge in [0.15, 0.2) is 0 Å². The Labute approximate surface area is 171 Å². The molecule has 6 N–H and O–H groups in total. The van der Waals surface area contributed by atoms with Gasteiger partial charge < -0.3 is 40.2 Å². The first-order valence-electron chi connectivity index (χ1n) is 9.51. The molecule has 1 fully saturated rings. The molecule has 1 amide bonds. The Hall–Kier alpha value is -3.09. The van der Waals surface area contributed by atoms with Crippen LogP contribution in [0.25, 0.3) is 0 Å². The molecular weight excluding hydrogens is 395 g/mol. The molecule has 2 aromatic rings. The maximum absolute atomic E-state index is 12.7. The number of hydrogen-bond acceptors (Lipinski definition) is 8. The molecule has 30 heavy (non-hydrogen) atoms. The second-order valence-corrected chi connectivity index (χ2v) is 7.85. The van der Waals surface area contributed by atoms with E-state index in [1.165, 1.54) is 17.3 Å². The fourth-order valence-corrected chi connectivity index (χ4v) is 3.67. The van der Waals surface area contributed by atoms with Crippen molar-refractivity contribution in [3.63, 3.8) is 0 Å². The summed E-state index contributed by atoms with van der Waals surface area (Å²) < 4.78 is 10.9. The van der Waals surface area contributed by atoms with E-state index in [1.54, 1.807) is 19.2 Å². The van der Waals surface area contributed by atoms with Crippen LogP contribution >= 0.6 is 0 Å². The first kappa shape index (κ1) is 20.2. The molecule has 3 heterocycles. The van der Waals surface area contributed by atoms with Gasteiger partial charge in [-0.05, 0) is 25.0 Å². The van der Waals surface area contributed by atoms with Gasteiger partial charge in [0.25, 0.3) is 0 Å². The van der Waals surface area contributed by atoms with Crippen molar-refractivity contribution < 1.29 is 34.1 Å². The molecule has 1 aromatic carbocycles. The van der Waals surface area contributed by atoms with Crippen molar-refractivity contribution in [2.75, 3.05) is 13.1 Å². The molecule has 1 unspecified atom stereocenters.